The lowest BCUT2D eigenvalue weighted by molar-refractivity contribution is 0.102. The summed E-state index contributed by atoms with van der Waals surface area (Å²) < 4.78 is 0. The Balaban J connectivity index is 1.81. The van der Waals surface area contributed by atoms with Crippen LogP contribution in [0.5, 0.6) is 0 Å². The number of rotatable bonds is 2. The van der Waals surface area contributed by atoms with Crippen LogP contribution in [0.15, 0.2) is 36.5 Å². The van der Waals surface area contributed by atoms with Crippen LogP contribution in [0, 0.1) is 6.92 Å². The van der Waals surface area contributed by atoms with Gasteiger partial charge in [-0.25, -0.2) is 0 Å². The maximum absolute atomic E-state index is 12.2. The van der Waals surface area contributed by atoms with Gasteiger partial charge in [0.15, 0.2) is 0 Å². The summed E-state index contributed by atoms with van der Waals surface area (Å²) in [6.07, 6.45) is 2.68. The van der Waals surface area contributed by atoms with Gasteiger partial charge >= 0.3 is 0 Å². The van der Waals surface area contributed by atoms with E-state index in [4.69, 9.17) is 0 Å². The average molecular weight is 267 g/mol. The number of nitrogens with zero attached hydrogens (tertiary/aromatic N) is 1. The molecule has 1 amide bonds. The molecule has 0 fully saturated rings. The molecule has 2 heterocycles. The van der Waals surface area contributed by atoms with E-state index in [-0.39, 0.29) is 5.91 Å². The molecular formula is C16H17N3O. The summed E-state index contributed by atoms with van der Waals surface area (Å²) in [5.41, 5.74) is 4.71. The highest BCUT2D eigenvalue weighted by molar-refractivity contribution is 6.05. The van der Waals surface area contributed by atoms with Crippen LogP contribution >= 0.6 is 0 Å². The van der Waals surface area contributed by atoms with Crippen molar-refractivity contribution in [2.75, 3.05) is 11.9 Å². The van der Waals surface area contributed by atoms with Gasteiger partial charge in [-0.05, 0) is 30.2 Å². The van der Waals surface area contributed by atoms with Gasteiger partial charge in [0.1, 0.15) is 0 Å². The van der Waals surface area contributed by atoms with Gasteiger partial charge in [0.05, 0.1) is 11.9 Å². The predicted molar refractivity (Wildman–Crippen MR) is 78.8 cm³/mol. The van der Waals surface area contributed by atoms with Crippen molar-refractivity contribution < 1.29 is 4.79 Å². The molecule has 0 unspecified atom stereocenters. The summed E-state index contributed by atoms with van der Waals surface area (Å²) in [5.74, 6) is -0.0892. The Kier molecular flexibility index (Phi) is 3.48. The smallest absolute Gasteiger partial charge is 0.255 e. The quantitative estimate of drug-likeness (QED) is 0.877. The van der Waals surface area contributed by atoms with Gasteiger partial charge in [0, 0.05) is 30.8 Å². The van der Waals surface area contributed by atoms with E-state index in [2.05, 4.69) is 15.6 Å². The molecule has 0 spiro atoms. The Morgan fingerprint density at radius 3 is 3.05 bits per heavy atom. The second kappa shape index (κ2) is 5.43. The lowest BCUT2D eigenvalue weighted by Crippen LogP contribution is -2.25. The molecule has 0 atom stereocenters. The Hall–Kier alpha value is -2.20. The monoisotopic (exact) mass is 267 g/mol. The average Bonchev–Trinajstić information content (AvgIpc) is 2.47. The molecule has 0 radical (unpaired) electrons. The molecular weight excluding hydrogens is 250 g/mol. The van der Waals surface area contributed by atoms with E-state index in [0.29, 0.717) is 5.56 Å². The molecule has 4 nitrogen and oxygen atoms in total. The van der Waals surface area contributed by atoms with E-state index >= 15 is 0 Å². The van der Waals surface area contributed by atoms with E-state index < -0.39 is 0 Å². The summed E-state index contributed by atoms with van der Waals surface area (Å²) in [4.78, 5) is 16.7. The van der Waals surface area contributed by atoms with Crippen LogP contribution in [0.1, 0.15) is 27.2 Å². The number of pyridine rings is 1. The zero-order valence-electron chi connectivity index (χ0n) is 11.4. The van der Waals surface area contributed by atoms with Gasteiger partial charge in [-0.1, -0.05) is 18.2 Å². The summed E-state index contributed by atoms with van der Waals surface area (Å²) in [6, 6.07) is 9.57. The molecule has 2 aromatic rings. The summed E-state index contributed by atoms with van der Waals surface area (Å²) in [7, 11) is 0. The number of carbonyl (C=O) groups excluding carboxylic acids is 1. The lowest BCUT2D eigenvalue weighted by atomic mass is 10.1. The number of benzene rings is 1. The largest absolute Gasteiger partial charge is 0.321 e. The minimum Gasteiger partial charge on any atom is -0.321 e. The number of hydrogen-bond acceptors (Lipinski definition) is 3. The van der Waals surface area contributed by atoms with Crippen LogP contribution in [0.25, 0.3) is 0 Å². The molecule has 3 rings (SSSR count). The van der Waals surface area contributed by atoms with Crippen LogP contribution in [0.2, 0.25) is 0 Å². The van der Waals surface area contributed by atoms with Gasteiger partial charge in [-0.3, -0.25) is 9.78 Å². The number of aromatic nitrogens is 1. The fraction of sp³-hybridized carbons (Fsp3) is 0.250. The third-order valence-corrected chi connectivity index (χ3v) is 3.56. The number of amides is 1. The van der Waals surface area contributed by atoms with Crippen LogP contribution in [-0.4, -0.2) is 17.4 Å². The van der Waals surface area contributed by atoms with Crippen LogP contribution in [0.4, 0.5) is 5.69 Å². The van der Waals surface area contributed by atoms with Gasteiger partial charge < -0.3 is 10.6 Å². The second-order valence-corrected chi connectivity index (χ2v) is 5.03. The van der Waals surface area contributed by atoms with Crippen LogP contribution in [0.3, 0.4) is 0 Å². The second-order valence-electron chi connectivity index (χ2n) is 5.03. The van der Waals surface area contributed by atoms with Gasteiger partial charge in [0.25, 0.3) is 5.91 Å². The molecule has 2 N–H and O–H groups in total. The van der Waals surface area contributed by atoms with Crippen molar-refractivity contribution >= 4 is 11.6 Å². The molecule has 102 valence electrons. The van der Waals surface area contributed by atoms with Crippen molar-refractivity contribution in [2.45, 2.75) is 19.9 Å². The van der Waals surface area contributed by atoms with Crippen molar-refractivity contribution in [1.82, 2.24) is 10.3 Å². The molecule has 4 heteroatoms. The SMILES string of the molecule is Cc1ccccc1C(=O)Nc1cnc2c(c1)CNCC2. The van der Waals surface area contributed by atoms with Crippen LogP contribution in [-0.2, 0) is 13.0 Å². The van der Waals surface area contributed by atoms with Crippen molar-refractivity contribution in [2.24, 2.45) is 0 Å². The first-order chi connectivity index (χ1) is 9.74. The maximum atomic E-state index is 12.2. The Morgan fingerprint density at radius 1 is 1.35 bits per heavy atom. The maximum Gasteiger partial charge on any atom is 0.255 e. The summed E-state index contributed by atoms with van der Waals surface area (Å²) >= 11 is 0. The molecule has 0 bridgehead atoms. The van der Waals surface area contributed by atoms with E-state index in [0.717, 1.165) is 36.5 Å². The number of carbonyl (C=O) groups is 1. The number of hydrogen-bond donors (Lipinski definition) is 2. The highest BCUT2D eigenvalue weighted by Gasteiger charge is 2.13. The molecule has 0 aliphatic carbocycles. The van der Waals surface area contributed by atoms with E-state index in [1.54, 1.807) is 6.20 Å². The third-order valence-electron chi connectivity index (χ3n) is 3.56. The van der Waals surface area contributed by atoms with Crippen molar-refractivity contribution in [1.29, 1.82) is 0 Å². The first-order valence-corrected chi connectivity index (χ1v) is 6.79. The first-order valence-electron chi connectivity index (χ1n) is 6.79. The van der Waals surface area contributed by atoms with E-state index in [1.807, 2.05) is 37.3 Å². The lowest BCUT2D eigenvalue weighted by Gasteiger charge is -2.17. The molecule has 1 aliphatic rings. The van der Waals surface area contributed by atoms with Gasteiger partial charge in [-0.2, -0.15) is 0 Å². The highest BCUT2D eigenvalue weighted by atomic mass is 16.1. The molecule has 1 aromatic heterocycles. The number of nitrogens with one attached hydrogen (secondary N) is 2. The topological polar surface area (TPSA) is 54.0 Å². The Labute approximate surface area is 118 Å². The predicted octanol–water partition coefficient (Wildman–Crippen LogP) is 2.29. The summed E-state index contributed by atoms with van der Waals surface area (Å²) in [6.45, 7) is 3.72. The highest BCUT2D eigenvalue weighted by Crippen LogP contribution is 2.17. The summed E-state index contributed by atoms with van der Waals surface area (Å²) in [5, 5.41) is 6.23. The molecule has 1 aromatic carbocycles. The standard InChI is InChI=1S/C16H17N3O/c1-11-4-2-3-5-14(11)16(20)19-13-8-12-9-17-7-6-15(12)18-10-13/h2-5,8,10,17H,6-7,9H2,1H3,(H,19,20). The zero-order chi connectivity index (χ0) is 13.9. The molecule has 20 heavy (non-hydrogen) atoms. The van der Waals surface area contributed by atoms with Crippen molar-refractivity contribution in [3.05, 3.63) is 58.9 Å². The molecule has 1 aliphatic heterocycles. The number of anilines is 1. The van der Waals surface area contributed by atoms with Crippen LogP contribution < -0.4 is 10.6 Å². The minimum absolute atomic E-state index is 0.0892. The zero-order valence-corrected chi connectivity index (χ0v) is 11.4. The first kappa shape index (κ1) is 12.8. The van der Waals surface area contributed by atoms with E-state index in [1.165, 1.54) is 5.56 Å². The van der Waals surface area contributed by atoms with Crippen molar-refractivity contribution in [3.8, 4) is 0 Å². The van der Waals surface area contributed by atoms with Crippen molar-refractivity contribution in [3.63, 3.8) is 0 Å². The fourth-order valence-corrected chi connectivity index (χ4v) is 2.44. The normalized spacial score (nSPS) is 13.7. The Morgan fingerprint density at radius 2 is 2.20 bits per heavy atom. The minimum atomic E-state index is -0.0892. The van der Waals surface area contributed by atoms with E-state index in [9.17, 15) is 4.79 Å². The third kappa shape index (κ3) is 2.56. The fourth-order valence-electron chi connectivity index (χ4n) is 2.44. The van der Waals surface area contributed by atoms with Gasteiger partial charge in [0.2, 0.25) is 0 Å². The Bertz CT molecular complexity index is 652. The number of aryl methyl sites for hydroxylation is 1. The van der Waals surface area contributed by atoms with Gasteiger partial charge in [-0.15, -0.1) is 0 Å². The molecule has 0 saturated heterocycles. The molecule has 0 saturated carbocycles. The number of fused-ring (bicyclic) bond motifs is 1.